The Labute approximate surface area is 148 Å². The zero-order valence-electron chi connectivity index (χ0n) is 14.0. The number of carbonyl (C=O) groups is 2. The fourth-order valence-electron chi connectivity index (χ4n) is 3.06. The molecule has 1 N–H and O–H groups in total. The molecule has 9 heteroatoms. The molecule has 1 spiro atoms. The number of piperidine rings is 1. The molecule has 6 nitrogen and oxygen atoms in total. The fourth-order valence-corrected chi connectivity index (χ4v) is 3.06. The van der Waals surface area contributed by atoms with Crippen LogP contribution in [0.15, 0.2) is 24.3 Å². The summed E-state index contributed by atoms with van der Waals surface area (Å²) in [5.74, 6) is -1.43. The normalized spacial score (nSPS) is 19.6. The molecule has 1 aromatic rings. The average Bonchev–Trinajstić information content (AvgIpc) is 3.07. The van der Waals surface area contributed by atoms with Crippen molar-refractivity contribution in [3.63, 3.8) is 0 Å². The number of carbonyl (C=O) groups excluding carboxylic acids is 2. The first kappa shape index (κ1) is 18.7. The standard InChI is InChI=1S/C17H19F3N2O4/c18-17(19,20)13-3-1-12(2-4-13)15(24)21-11-14(23)22-7-5-16(6-8-22)25-9-10-26-16/h1-4H,5-11H2,(H,21,24). The minimum Gasteiger partial charge on any atom is -0.347 e. The summed E-state index contributed by atoms with van der Waals surface area (Å²) >= 11 is 0. The smallest absolute Gasteiger partial charge is 0.347 e. The fraction of sp³-hybridized carbons (Fsp3) is 0.529. The van der Waals surface area contributed by atoms with Crippen molar-refractivity contribution < 1.29 is 32.2 Å². The molecule has 2 aliphatic heterocycles. The molecule has 3 rings (SSSR count). The second-order valence-electron chi connectivity index (χ2n) is 6.25. The summed E-state index contributed by atoms with van der Waals surface area (Å²) in [6, 6.07) is 3.84. The third kappa shape index (κ3) is 4.16. The summed E-state index contributed by atoms with van der Waals surface area (Å²) in [6.45, 7) is 1.83. The Kier molecular flexibility index (Phi) is 5.19. The molecule has 0 atom stereocenters. The first-order valence-corrected chi connectivity index (χ1v) is 8.30. The highest BCUT2D eigenvalue weighted by molar-refractivity contribution is 5.96. The lowest BCUT2D eigenvalue weighted by Gasteiger charge is -2.37. The van der Waals surface area contributed by atoms with Gasteiger partial charge in [-0.3, -0.25) is 9.59 Å². The van der Waals surface area contributed by atoms with Gasteiger partial charge in [-0.05, 0) is 24.3 Å². The number of rotatable bonds is 3. The van der Waals surface area contributed by atoms with E-state index in [1.54, 1.807) is 4.90 Å². The lowest BCUT2D eigenvalue weighted by molar-refractivity contribution is -0.187. The van der Waals surface area contributed by atoms with Crippen LogP contribution in [0.25, 0.3) is 0 Å². The van der Waals surface area contributed by atoms with Gasteiger partial charge in [0.05, 0.1) is 25.3 Å². The van der Waals surface area contributed by atoms with Gasteiger partial charge in [0.15, 0.2) is 5.79 Å². The van der Waals surface area contributed by atoms with E-state index in [0.29, 0.717) is 39.1 Å². The van der Waals surface area contributed by atoms with Crippen molar-refractivity contribution in [3.05, 3.63) is 35.4 Å². The van der Waals surface area contributed by atoms with Crippen LogP contribution in [0.1, 0.15) is 28.8 Å². The summed E-state index contributed by atoms with van der Waals surface area (Å²) < 4.78 is 48.7. The highest BCUT2D eigenvalue weighted by Gasteiger charge is 2.40. The maximum Gasteiger partial charge on any atom is 0.416 e. The van der Waals surface area contributed by atoms with Gasteiger partial charge in [0, 0.05) is 31.5 Å². The van der Waals surface area contributed by atoms with E-state index in [0.717, 1.165) is 24.3 Å². The Hall–Kier alpha value is -2.13. The monoisotopic (exact) mass is 372 g/mol. The number of alkyl halides is 3. The lowest BCUT2D eigenvalue weighted by Crippen LogP contribution is -2.49. The number of likely N-dealkylation sites (tertiary alicyclic amines) is 1. The van der Waals surface area contributed by atoms with Crippen LogP contribution in [0, 0.1) is 0 Å². The number of hydrogen-bond acceptors (Lipinski definition) is 4. The SMILES string of the molecule is O=C(NCC(=O)N1CCC2(CC1)OCCO2)c1ccc(C(F)(F)F)cc1. The average molecular weight is 372 g/mol. The Balaban J connectivity index is 1.47. The van der Waals surface area contributed by atoms with Crippen molar-refractivity contribution in [1.29, 1.82) is 0 Å². The van der Waals surface area contributed by atoms with Crippen molar-refractivity contribution in [2.24, 2.45) is 0 Å². The van der Waals surface area contributed by atoms with Gasteiger partial charge in [0.25, 0.3) is 5.91 Å². The molecule has 2 heterocycles. The maximum absolute atomic E-state index is 12.5. The predicted molar refractivity (Wildman–Crippen MR) is 84.2 cm³/mol. The van der Waals surface area contributed by atoms with E-state index in [1.807, 2.05) is 0 Å². The van der Waals surface area contributed by atoms with Crippen LogP contribution >= 0.6 is 0 Å². The molecule has 0 bridgehead atoms. The zero-order chi connectivity index (χ0) is 18.8. The van der Waals surface area contributed by atoms with Crippen molar-refractivity contribution in [3.8, 4) is 0 Å². The Morgan fingerprint density at radius 1 is 1.08 bits per heavy atom. The van der Waals surface area contributed by atoms with Gasteiger partial charge < -0.3 is 19.7 Å². The molecule has 142 valence electrons. The molecule has 0 radical (unpaired) electrons. The van der Waals surface area contributed by atoms with Crippen LogP contribution in [0.2, 0.25) is 0 Å². The number of hydrogen-bond donors (Lipinski definition) is 1. The molecule has 2 fully saturated rings. The summed E-state index contributed by atoms with van der Waals surface area (Å²) in [5.41, 5.74) is -0.764. The summed E-state index contributed by atoms with van der Waals surface area (Å²) in [7, 11) is 0. The first-order chi connectivity index (χ1) is 12.3. The molecule has 0 unspecified atom stereocenters. The van der Waals surface area contributed by atoms with Gasteiger partial charge >= 0.3 is 6.18 Å². The highest BCUT2D eigenvalue weighted by Crippen LogP contribution is 2.31. The van der Waals surface area contributed by atoms with Crippen LogP contribution in [0.3, 0.4) is 0 Å². The summed E-state index contributed by atoms with van der Waals surface area (Å²) in [4.78, 5) is 25.8. The molecule has 26 heavy (non-hydrogen) atoms. The van der Waals surface area contributed by atoms with Gasteiger partial charge in [-0.25, -0.2) is 0 Å². The van der Waals surface area contributed by atoms with E-state index < -0.39 is 23.4 Å². The number of halogens is 3. The first-order valence-electron chi connectivity index (χ1n) is 8.30. The molecule has 1 aromatic carbocycles. The minimum absolute atomic E-state index is 0.0659. The molecule has 0 aliphatic carbocycles. The van der Waals surface area contributed by atoms with Gasteiger partial charge in [-0.2, -0.15) is 13.2 Å². The second kappa shape index (κ2) is 7.24. The third-order valence-corrected chi connectivity index (χ3v) is 4.57. The number of nitrogens with zero attached hydrogens (tertiary/aromatic N) is 1. The topological polar surface area (TPSA) is 67.9 Å². The van der Waals surface area contributed by atoms with E-state index in [2.05, 4.69) is 5.32 Å². The van der Waals surface area contributed by atoms with Crippen molar-refractivity contribution in [2.75, 3.05) is 32.8 Å². The maximum atomic E-state index is 12.5. The van der Waals surface area contributed by atoms with Crippen LogP contribution in [0.4, 0.5) is 13.2 Å². The van der Waals surface area contributed by atoms with Gasteiger partial charge in [0.1, 0.15) is 0 Å². The van der Waals surface area contributed by atoms with Crippen molar-refractivity contribution >= 4 is 11.8 Å². The van der Waals surface area contributed by atoms with Gasteiger partial charge in [-0.1, -0.05) is 0 Å². The molecular formula is C17H19F3N2O4. The van der Waals surface area contributed by atoms with Gasteiger partial charge in [-0.15, -0.1) is 0 Å². The molecular weight excluding hydrogens is 353 g/mol. The molecule has 0 aromatic heterocycles. The van der Waals surface area contributed by atoms with E-state index in [1.165, 1.54) is 0 Å². The van der Waals surface area contributed by atoms with E-state index in [4.69, 9.17) is 9.47 Å². The molecule has 2 saturated heterocycles. The summed E-state index contributed by atoms with van der Waals surface area (Å²) in [6.07, 6.45) is -3.31. The largest absolute Gasteiger partial charge is 0.416 e. The van der Waals surface area contributed by atoms with Crippen LogP contribution in [0.5, 0.6) is 0 Å². The van der Waals surface area contributed by atoms with E-state index in [-0.39, 0.29) is 18.0 Å². The Morgan fingerprint density at radius 2 is 1.65 bits per heavy atom. The predicted octanol–water partition coefficient (Wildman–Crippen LogP) is 1.80. The number of nitrogens with one attached hydrogen (secondary N) is 1. The number of benzene rings is 1. The second-order valence-corrected chi connectivity index (χ2v) is 6.25. The van der Waals surface area contributed by atoms with Crippen molar-refractivity contribution in [1.82, 2.24) is 10.2 Å². The van der Waals surface area contributed by atoms with Crippen LogP contribution in [-0.2, 0) is 20.4 Å². The summed E-state index contributed by atoms with van der Waals surface area (Å²) in [5, 5.41) is 2.44. The van der Waals surface area contributed by atoms with Gasteiger partial charge in [0.2, 0.25) is 5.91 Å². The van der Waals surface area contributed by atoms with E-state index >= 15 is 0 Å². The third-order valence-electron chi connectivity index (χ3n) is 4.57. The van der Waals surface area contributed by atoms with Crippen LogP contribution in [-0.4, -0.2) is 55.3 Å². The molecule has 2 aliphatic rings. The number of ether oxygens (including phenoxy) is 2. The lowest BCUT2D eigenvalue weighted by atomic mass is 10.0. The van der Waals surface area contributed by atoms with Crippen LogP contribution < -0.4 is 5.32 Å². The quantitative estimate of drug-likeness (QED) is 0.879. The highest BCUT2D eigenvalue weighted by atomic mass is 19.4. The zero-order valence-corrected chi connectivity index (χ0v) is 14.0. The molecule has 0 saturated carbocycles. The van der Waals surface area contributed by atoms with Crippen molar-refractivity contribution in [2.45, 2.75) is 24.8 Å². The molecule has 2 amide bonds. The minimum atomic E-state index is -4.46. The van der Waals surface area contributed by atoms with E-state index in [9.17, 15) is 22.8 Å². The Bertz CT molecular complexity index is 660. The number of amides is 2. The Morgan fingerprint density at radius 3 is 2.19 bits per heavy atom.